The molecule has 0 saturated carbocycles. The molecule has 0 atom stereocenters. The summed E-state index contributed by atoms with van der Waals surface area (Å²) in [6.45, 7) is 0.394. The highest BCUT2D eigenvalue weighted by Crippen LogP contribution is 2.23. The number of hydrogen-bond donors (Lipinski definition) is 2. The van der Waals surface area contributed by atoms with E-state index < -0.39 is 0 Å². The van der Waals surface area contributed by atoms with Gasteiger partial charge in [0.05, 0.1) is 3.57 Å². The molecule has 0 unspecified atom stereocenters. The molecule has 4 N–H and O–H groups in total. The number of oxime groups is 2. The van der Waals surface area contributed by atoms with Crippen LogP contribution in [-0.2, 0) is 16.3 Å². The van der Waals surface area contributed by atoms with Crippen LogP contribution in [0.5, 0.6) is 5.75 Å². The van der Waals surface area contributed by atoms with E-state index in [4.69, 9.17) is 21.0 Å². The summed E-state index contributed by atoms with van der Waals surface area (Å²) in [6, 6.07) is 13.2. The third-order valence-electron chi connectivity index (χ3n) is 3.22. The first kappa shape index (κ1) is 25.1. The molecular formula is C17H21Cl2IN4O3. The highest BCUT2D eigenvalue weighted by Gasteiger charge is 2.07. The monoisotopic (exact) mass is 526 g/mol. The Bertz CT molecular complexity index is 803. The Kier molecular flexibility index (Phi) is 11.6. The Hall–Kier alpha value is -1.91. The Labute approximate surface area is 184 Å². The molecule has 0 aromatic heterocycles. The maximum absolute atomic E-state index is 5.88. The average Bonchev–Trinajstić information content (AvgIpc) is 2.61. The van der Waals surface area contributed by atoms with Gasteiger partial charge in [-0.05, 0) is 52.4 Å². The first-order chi connectivity index (χ1) is 12.0. The smallest absolute Gasteiger partial charge is 0.170 e. The summed E-state index contributed by atoms with van der Waals surface area (Å²) in [5.41, 5.74) is 14.1. The van der Waals surface area contributed by atoms with Crippen LogP contribution >= 0.6 is 47.4 Å². The summed E-state index contributed by atoms with van der Waals surface area (Å²) >= 11 is 2.19. The molecule has 0 bridgehead atoms. The van der Waals surface area contributed by atoms with Crippen LogP contribution in [0.4, 0.5) is 0 Å². The SMILES string of the molecule is CO/N=C(\N)c1cccc(COc2ccc(/C(N)=N/OC)cc2I)c1.Cl.Cl. The van der Waals surface area contributed by atoms with Gasteiger partial charge >= 0.3 is 0 Å². The lowest BCUT2D eigenvalue weighted by Gasteiger charge is -2.10. The molecule has 10 heteroatoms. The van der Waals surface area contributed by atoms with Crippen molar-refractivity contribution in [1.29, 1.82) is 0 Å². The minimum absolute atomic E-state index is 0. The van der Waals surface area contributed by atoms with Gasteiger partial charge in [0.25, 0.3) is 0 Å². The minimum Gasteiger partial charge on any atom is -0.488 e. The molecule has 0 aliphatic heterocycles. The number of nitrogens with two attached hydrogens (primary N) is 2. The van der Waals surface area contributed by atoms with Crippen molar-refractivity contribution in [2.24, 2.45) is 21.8 Å². The quantitative estimate of drug-likeness (QED) is 0.249. The largest absolute Gasteiger partial charge is 0.488 e. The van der Waals surface area contributed by atoms with Crippen LogP contribution in [-0.4, -0.2) is 25.9 Å². The molecule has 148 valence electrons. The number of amidine groups is 2. The molecule has 0 spiro atoms. The molecule has 0 aliphatic rings. The molecule has 0 amide bonds. The molecule has 0 fully saturated rings. The van der Waals surface area contributed by atoms with Crippen LogP contribution < -0.4 is 16.2 Å². The molecule has 0 saturated heterocycles. The van der Waals surface area contributed by atoms with Crippen LogP contribution in [0, 0.1) is 3.57 Å². The summed E-state index contributed by atoms with van der Waals surface area (Å²) < 4.78 is 6.80. The van der Waals surface area contributed by atoms with Crippen molar-refractivity contribution in [3.05, 3.63) is 62.7 Å². The van der Waals surface area contributed by atoms with E-state index in [1.54, 1.807) is 0 Å². The van der Waals surface area contributed by atoms with Gasteiger partial charge in [-0.1, -0.05) is 28.5 Å². The number of halogens is 3. The van der Waals surface area contributed by atoms with Crippen molar-refractivity contribution < 1.29 is 14.4 Å². The predicted molar refractivity (Wildman–Crippen MR) is 120 cm³/mol. The fraction of sp³-hybridized carbons (Fsp3) is 0.176. The first-order valence-corrected chi connectivity index (χ1v) is 8.38. The maximum atomic E-state index is 5.88. The van der Waals surface area contributed by atoms with E-state index in [-0.39, 0.29) is 24.8 Å². The number of hydrogen-bond acceptors (Lipinski definition) is 5. The lowest BCUT2D eigenvalue weighted by atomic mass is 10.1. The molecule has 2 rings (SSSR count). The summed E-state index contributed by atoms with van der Waals surface area (Å²) in [5, 5.41) is 7.45. The Morgan fingerprint density at radius 2 is 1.52 bits per heavy atom. The van der Waals surface area contributed by atoms with E-state index in [2.05, 4.69) is 37.7 Å². The third-order valence-corrected chi connectivity index (χ3v) is 4.07. The predicted octanol–water partition coefficient (Wildman–Crippen LogP) is 3.25. The van der Waals surface area contributed by atoms with E-state index in [0.29, 0.717) is 18.3 Å². The summed E-state index contributed by atoms with van der Waals surface area (Å²) in [4.78, 5) is 9.37. The second kappa shape index (κ2) is 12.5. The first-order valence-electron chi connectivity index (χ1n) is 7.30. The summed E-state index contributed by atoms with van der Waals surface area (Å²) in [5.74, 6) is 1.38. The van der Waals surface area contributed by atoms with Crippen molar-refractivity contribution in [2.75, 3.05) is 14.2 Å². The summed E-state index contributed by atoms with van der Waals surface area (Å²) in [7, 11) is 2.91. The molecule has 2 aromatic rings. The van der Waals surface area contributed by atoms with Crippen LogP contribution in [0.3, 0.4) is 0 Å². The van der Waals surface area contributed by atoms with Crippen molar-refractivity contribution in [2.45, 2.75) is 6.61 Å². The fourth-order valence-electron chi connectivity index (χ4n) is 2.06. The van der Waals surface area contributed by atoms with Crippen LogP contribution in [0.15, 0.2) is 52.8 Å². The van der Waals surface area contributed by atoms with E-state index in [0.717, 1.165) is 26.0 Å². The van der Waals surface area contributed by atoms with Crippen LogP contribution in [0.25, 0.3) is 0 Å². The average molecular weight is 527 g/mol. The van der Waals surface area contributed by atoms with Gasteiger partial charge in [0.1, 0.15) is 26.6 Å². The van der Waals surface area contributed by atoms with E-state index >= 15 is 0 Å². The second-order valence-electron chi connectivity index (χ2n) is 4.95. The number of rotatable bonds is 7. The van der Waals surface area contributed by atoms with Gasteiger partial charge in [-0.15, -0.1) is 24.8 Å². The van der Waals surface area contributed by atoms with Gasteiger partial charge in [-0.2, -0.15) is 0 Å². The minimum atomic E-state index is 0. The number of nitrogens with zero attached hydrogens (tertiary/aromatic N) is 2. The van der Waals surface area contributed by atoms with Gasteiger partial charge in [-0.3, -0.25) is 0 Å². The Morgan fingerprint density at radius 1 is 0.926 bits per heavy atom. The molecular weight excluding hydrogens is 506 g/mol. The van der Waals surface area contributed by atoms with E-state index in [1.807, 2.05) is 42.5 Å². The van der Waals surface area contributed by atoms with Gasteiger partial charge < -0.3 is 25.9 Å². The van der Waals surface area contributed by atoms with E-state index in [9.17, 15) is 0 Å². The highest BCUT2D eigenvalue weighted by atomic mass is 127. The van der Waals surface area contributed by atoms with Gasteiger partial charge in [0.2, 0.25) is 0 Å². The van der Waals surface area contributed by atoms with Gasteiger partial charge in [0, 0.05) is 11.1 Å². The molecule has 0 aliphatic carbocycles. The zero-order valence-corrected chi connectivity index (χ0v) is 18.5. The number of ether oxygens (including phenoxy) is 1. The van der Waals surface area contributed by atoms with Gasteiger partial charge in [-0.25, -0.2) is 0 Å². The molecule has 2 aromatic carbocycles. The van der Waals surface area contributed by atoms with Crippen molar-refractivity contribution >= 4 is 59.1 Å². The fourth-order valence-corrected chi connectivity index (χ4v) is 2.73. The topological polar surface area (TPSA) is 104 Å². The zero-order valence-electron chi connectivity index (χ0n) is 14.7. The van der Waals surface area contributed by atoms with Gasteiger partial charge in [0.15, 0.2) is 11.7 Å². The lowest BCUT2D eigenvalue weighted by molar-refractivity contribution is 0.213. The summed E-state index contributed by atoms with van der Waals surface area (Å²) in [6.07, 6.45) is 0. The van der Waals surface area contributed by atoms with Crippen molar-refractivity contribution in [3.63, 3.8) is 0 Å². The molecule has 0 radical (unpaired) electrons. The lowest BCUT2D eigenvalue weighted by Crippen LogP contribution is -2.14. The Morgan fingerprint density at radius 3 is 2.07 bits per heavy atom. The van der Waals surface area contributed by atoms with Crippen molar-refractivity contribution in [3.8, 4) is 5.75 Å². The van der Waals surface area contributed by atoms with E-state index in [1.165, 1.54) is 14.2 Å². The molecule has 0 heterocycles. The van der Waals surface area contributed by atoms with Crippen LogP contribution in [0.1, 0.15) is 16.7 Å². The van der Waals surface area contributed by atoms with Crippen molar-refractivity contribution in [1.82, 2.24) is 0 Å². The third kappa shape index (κ3) is 7.31. The normalized spacial score (nSPS) is 11.1. The molecule has 27 heavy (non-hydrogen) atoms. The maximum Gasteiger partial charge on any atom is 0.170 e. The zero-order chi connectivity index (χ0) is 18.2. The molecule has 7 nitrogen and oxygen atoms in total. The Balaban J connectivity index is 0.00000338. The highest BCUT2D eigenvalue weighted by molar-refractivity contribution is 14.1. The second-order valence-corrected chi connectivity index (χ2v) is 6.11. The standard InChI is InChI=1S/C17H19IN4O3.2ClH/c1-23-21-16(19)12-5-3-4-11(8-12)10-25-15-7-6-13(9-14(15)18)17(20)22-24-2;;/h3-9H,10H2,1-2H3,(H2,19,21)(H2,20,22);2*1H. The number of benzene rings is 2. The van der Waals surface area contributed by atoms with Crippen LogP contribution in [0.2, 0.25) is 0 Å².